The normalized spacial score (nSPS) is 12.6. The Bertz CT molecular complexity index is 493. The van der Waals surface area contributed by atoms with Gasteiger partial charge in [-0.15, -0.1) is 0 Å². The summed E-state index contributed by atoms with van der Waals surface area (Å²) in [4.78, 5) is 10.6. The van der Waals surface area contributed by atoms with Crippen LogP contribution in [0.2, 0.25) is 0 Å². The summed E-state index contributed by atoms with van der Waals surface area (Å²) in [6, 6.07) is 4.30. The van der Waals surface area contributed by atoms with Crippen LogP contribution in [0.3, 0.4) is 0 Å². The predicted octanol–water partition coefficient (Wildman–Crippen LogP) is 3.32. The number of aliphatic hydroxyl groups is 1. The number of ketones is 1. The summed E-state index contributed by atoms with van der Waals surface area (Å²) in [5.41, 5.74) is -0.254. The monoisotopic (exact) mass is 282 g/mol. The number of hydrogen-bond donors (Lipinski definition) is 1. The number of carbonyl (C=O) groups is 1. The second-order valence-corrected chi connectivity index (χ2v) is 3.30. The average Bonchev–Trinajstić information content (AvgIpc) is 2.27. The Labute approximate surface area is 103 Å². The molecule has 0 aliphatic carbocycles. The highest BCUT2D eigenvalue weighted by molar-refractivity contribution is 5.99. The molecule has 0 heterocycles. The van der Waals surface area contributed by atoms with E-state index in [9.17, 15) is 31.9 Å². The summed E-state index contributed by atoms with van der Waals surface area (Å²) in [6.07, 6.45) is -5.16. The van der Waals surface area contributed by atoms with E-state index >= 15 is 0 Å². The van der Waals surface area contributed by atoms with Gasteiger partial charge in [-0.3, -0.25) is 4.79 Å². The summed E-state index contributed by atoms with van der Waals surface area (Å²) >= 11 is 0. The van der Waals surface area contributed by atoms with Crippen molar-refractivity contribution in [1.29, 1.82) is 0 Å². The third-order valence-electron chi connectivity index (χ3n) is 1.90. The van der Waals surface area contributed by atoms with E-state index in [-0.39, 0.29) is 17.4 Å². The van der Waals surface area contributed by atoms with E-state index in [1.165, 1.54) is 6.07 Å². The van der Waals surface area contributed by atoms with Crippen LogP contribution in [0.1, 0.15) is 5.56 Å². The Balaban J connectivity index is 2.97. The van der Waals surface area contributed by atoms with E-state index < -0.39 is 24.3 Å². The fourth-order valence-electron chi connectivity index (χ4n) is 1.12. The standard InChI is InChI=1S/C11H7F5O3/c12-10(13)19-7-3-1-2-6(4-7)8(17)5-9(18)11(14,15)16/h1-5,10,17H/b8-5-. The van der Waals surface area contributed by atoms with E-state index in [0.29, 0.717) is 0 Å². The maximum absolute atomic E-state index is 11.9. The van der Waals surface area contributed by atoms with Gasteiger partial charge in [0.25, 0.3) is 5.78 Å². The van der Waals surface area contributed by atoms with Gasteiger partial charge in [0.1, 0.15) is 11.5 Å². The fourth-order valence-corrected chi connectivity index (χ4v) is 1.12. The number of allylic oxidation sites excluding steroid dienone is 1. The Hall–Kier alpha value is -2.12. The van der Waals surface area contributed by atoms with Gasteiger partial charge in [0.2, 0.25) is 0 Å². The van der Waals surface area contributed by atoms with Gasteiger partial charge in [-0.25, -0.2) is 0 Å². The Morgan fingerprint density at radius 2 is 1.95 bits per heavy atom. The van der Waals surface area contributed by atoms with Crippen LogP contribution < -0.4 is 4.74 Å². The van der Waals surface area contributed by atoms with Crippen molar-refractivity contribution in [3.05, 3.63) is 35.9 Å². The Morgan fingerprint density at radius 1 is 1.32 bits per heavy atom. The van der Waals surface area contributed by atoms with Gasteiger partial charge in [0.05, 0.1) is 0 Å². The zero-order valence-corrected chi connectivity index (χ0v) is 9.12. The molecular weight excluding hydrogens is 275 g/mol. The second kappa shape index (κ2) is 5.68. The molecule has 1 aromatic carbocycles. The highest BCUT2D eigenvalue weighted by Gasteiger charge is 2.37. The lowest BCUT2D eigenvalue weighted by atomic mass is 10.1. The van der Waals surface area contributed by atoms with Crippen molar-refractivity contribution in [3.63, 3.8) is 0 Å². The largest absolute Gasteiger partial charge is 0.507 e. The molecule has 0 aliphatic heterocycles. The molecule has 19 heavy (non-hydrogen) atoms. The molecule has 0 amide bonds. The van der Waals surface area contributed by atoms with Crippen LogP contribution in [0.15, 0.2) is 30.3 Å². The zero-order valence-electron chi connectivity index (χ0n) is 9.12. The van der Waals surface area contributed by atoms with E-state index in [1.807, 2.05) is 0 Å². The Kier molecular flexibility index (Phi) is 4.47. The first kappa shape index (κ1) is 14.9. The molecule has 3 nitrogen and oxygen atoms in total. The van der Waals surface area contributed by atoms with Gasteiger partial charge >= 0.3 is 12.8 Å². The quantitative estimate of drug-likeness (QED) is 0.523. The van der Waals surface area contributed by atoms with Gasteiger partial charge in [0.15, 0.2) is 0 Å². The molecule has 0 radical (unpaired) electrons. The number of rotatable bonds is 4. The number of aliphatic hydroxyl groups excluding tert-OH is 1. The molecule has 0 bridgehead atoms. The van der Waals surface area contributed by atoms with Gasteiger partial charge in [0, 0.05) is 11.6 Å². The average molecular weight is 282 g/mol. The van der Waals surface area contributed by atoms with Crippen LogP contribution in [-0.4, -0.2) is 23.7 Å². The molecule has 0 saturated carbocycles. The first-order chi connectivity index (χ1) is 8.70. The number of hydrogen-bond acceptors (Lipinski definition) is 3. The molecule has 0 aliphatic rings. The van der Waals surface area contributed by atoms with Crippen molar-refractivity contribution in [1.82, 2.24) is 0 Å². The van der Waals surface area contributed by atoms with Crippen molar-refractivity contribution < 1.29 is 36.6 Å². The molecule has 1 rings (SSSR count). The van der Waals surface area contributed by atoms with Gasteiger partial charge < -0.3 is 9.84 Å². The van der Waals surface area contributed by atoms with E-state index in [4.69, 9.17) is 0 Å². The third-order valence-corrected chi connectivity index (χ3v) is 1.90. The summed E-state index contributed by atoms with van der Waals surface area (Å²) in [6.45, 7) is -3.11. The molecule has 1 aromatic rings. The predicted molar refractivity (Wildman–Crippen MR) is 54.7 cm³/mol. The van der Waals surface area contributed by atoms with E-state index in [1.54, 1.807) is 0 Å². The van der Waals surface area contributed by atoms with Gasteiger partial charge in [-0.05, 0) is 12.1 Å². The summed E-state index contributed by atoms with van der Waals surface area (Å²) in [5, 5.41) is 9.31. The molecule has 8 heteroatoms. The fraction of sp³-hybridized carbons (Fsp3) is 0.182. The third kappa shape index (κ3) is 4.57. The highest BCUT2D eigenvalue weighted by Crippen LogP contribution is 2.23. The lowest BCUT2D eigenvalue weighted by molar-refractivity contribution is -0.165. The highest BCUT2D eigenvalue weighted by atomic mass is 19.4. The topological polar surface area (TPSA) is 46.5 Å². The molecule has 0 saturated heterocycles. The summed E-state index contributed by atoms with van der Waals surface area (Å²) < 4.78 is 63.7. The van der Waals surface area contributed by atoms with Crippen LogP contribution in [-0.2, 0) is 4.79 Å². The molecule has 0 unspecified atom stereocenters. The van der Waals surface area contributed by atoms with Crippen LogP contribution in [0.5, 0.6) is 5.75 Å². The number of alkyl halides is 5. The minimum absolute atomic E-state index is 0.0402. The lowest BCUT2D eigenvalue weighted by Gasteiger charge is -2.06. The van der Waals surface area contributed by atoms with E-state index in [0.717, 1.165) is 18.2 Å². The molecule has 0 atom stereocenters. The molecular formula is C11H7F5O3. The lowest BCUT2D eigenvalue weighted by Crippen LogP contribution is -2.20. The SMILES string of the molecule is O=C(/C=C(\O)c1cccc(OC(F)F)c1)C(F)(F)F. The van der Waals surface area contributed by atoms with Gasteiger partial charge in [-0.2, -0.15) is 22.0 Å². The summed E-state index contributed by atoms with van der Waals surface area (Å²) in [7, 11) is 0. The molecule has 1 N–H and O–H groups in total. The van der Waals surface area contributed by atoms with Crippen molar-refractivity contribution >= 4 is 11.5 Å². The maximum Gasteiger partial charge on any atom is 0.454 e. The van der Waals surface area contributed by atoms with Crippen molar-refractivity contribution in [2.24, 2.45) is 0 Å². The van der Waals surface area contributed by atoms with E-state index in [2.05, 4.69) is 4.74 Å². The van der Waals surface area contributed by atoms with Crippen molar-refractivity contribution in [2.75, 3.05) is 0 Å². The number of halogens is 5. The Morgan fingerprint density at radius 3 is 2.47 bits per heavy atom. The molecule has 0 spiro atoms. The first-order valence-electron chi connectivity index (χ1n) is 4.77. The van der Waals surface area contributed by atoms with Gasteiger partial charge in [-0.1, -0.05) is 12.1 Å². The molecule has 104 valence electrons. The zero-order chi connectivity index (χ0) is 14.6. The van der Waals surface area contributed by atoms with Crippen LogP contribution in [0, 0.1) is 0 Å². The number of benzene rings is 1. The van der Waals surface area contributed by atoms with Crippen LogP contribution in [0.4, 0.5) is 22.0 Å². The smallest absolute Gasteiger partial charge is 0.454 e. The molecule has 0 aromatic heterocycles. The minimum Gasteiger partial charge on any atom is -0.507 e. The second-order valence-electron chi connectivity index (χ2n) is 3.30. The summed E-state index contributed by atoms with van der Waals surface area (Å²) in [5.74, 6) is -3.61. The van der Waals surface area contributed by atoms with Crippen LogP contribution >= 0.6 is 0 Å². The molecule has 0 fully saturated rings. The minimum atomic E-state index is -5.12. The van der Waals surface area contributed by atoms with Crippen LogP contribution in [0.25, 0.3) is 5.76 Å². The maximum atomic E-state index is 11.9. The van der Waals surface area contributed by atoms with Crippen molar-refractivity contribution in [2.45, 2.75) is 12.8 Å². The number of ether oxygens (including phenoxy) is 1. The van der Waals surface area contributed by atoms with Crippen molar-refractivity contribution in [3.8, 4) is 5.75 Å². The first-order valence-corrected chi connectivity index (χ1v) is 4.77. The number of carbonyl (C=O) groups excluding carboxylic acids is 1.